The number of nitrogens with one attached hydrogen (secondary N) is 2. The van der Waals surface area contributed by atoms with Crippen LogP contribution in [0.15, 0.2) is 57.2 Å². The maximum atomic E-state index is 12.7. The first-order chi connectivity index (χ1) is 14.9. The molecule has 0 saturated carbocycles. The van der Waals surface area contributed by atoms with Crippen molar-refractivity contribution in [3.8, 4) is 0 Å². The Morgan fingerprint density at radius 2 is 1.53 bits per heavy atom. The van der Waals surface area contributed by atoms with Gasteiger partial charge in [0.1, 0.15) is 6.54 Å². The van der Waals surface area contributed by atoms with Gasteiger partial charge in [0.2, 0.25) is 26.0 Å². The molecule has 12 heteroatoms. The Labute approximate surface area is 188 Å². The highest BCUT2D eigenvalue weighted by molar-refractivity contribution is 7.89. The van der Waals surface area contributed by atoms with E-state index in [9.17, 15) is 26.4 Å². The first-order valence-corrected chi connectivity index (χ1v) is 13.0. The van der Waals surface area contributed by atoms with Gasteiger partial charge in [0, 0.05) is 37.1 Å². The van der Waals surface area contributed by atoms with E-state index in [0.717, 1.165) is 16.8 Å². The minimum Gasteiger partial charge on any atom is -0.325 e. The average Bonchev–Trinajstić information content (AvgIpc) is 2.69. The maximum absolute atomic E-state index is 12.7. The number of pyridine rings is 1. The molecule has 0 radical (unpaired) electrons. The zero-order chi connectivity index (χ0) is 24.1. The van der Waals surface area contributed by atoms with Crippen molar-refractivity contribution in [3.63, 3.8) is 0 Å². The zero-order valence-corrected chi connectivity index (χ0v) is 20.0. The van der Waals surface area contributed by atoms with Crippen molar-refractivity contribution in [2.75, 3.05) is 18.4 Å². The van der Waals surface area contributed by atoms with Gasteiger partial charge in [0.15, 0.2) is 0 Å². The number of hydrogen-bond donors (Lipinski definition) is 2. The first kappa shape index (κ1) is 25.7. The van der Waals surface area contributed by atoms with Gasteiger partial charge in [-0.3, -0.25) is 9.59 Å². The van der Waals surface area contributed by atoms with Crippen LogP contribution in [0.1, 0.15) is 27.7 Å². The fourth-order valence-electron chi connectivity index (χ4n) is 2.95. The molecule has 1 aromatic carbocycles. The summed E-state index contributed by atoms with van der Waals surface area (Å²) in [4.78, 5) is 24.5. The van der Waals surface area contributed by atoms with Gasteiger partial charge >= 0.3 is 0 Å². The predicted octanol–water partition coefficient (Wildman–Crippen LogP) is 1.20. The number of nitrogens with zero attached hydrogens (tertiary/aromatic N) is 2. The normalized spacial score (nSPS) is 12.3. The van der Waals surface area contributed by atoms with Crippen LogP contribution in [-0.2, 0) is 31.4 Å². The summed E-state index contributed by atoms with van der Waals surface area (Å²) in [5, 5.41) is 2.57. The van der Waals surface area contributed by atoms with Crippen molar-refractivity contribution >= 4 is 31.6 Å². The van der Waals surface area contributed by atoms with Gasteiger partial charge in [-0.1, -0.05) is 13.8 Å². The molecule has 176 valence electrons. The minimum absolute atomic E-state index is 0.0507. The first-order valence-electron chi connectivity index (χ1n) is 10.0. The number of sulfonamides is 2. The lowest BCUT2D eigenvalue weighted by Crippen LogP contribution is -2.33. The van der Waals surface area contributed by atoms with E-state index in [1.165, 1.54) is 34.6 Å². The molecule has 10 nitrogen and oxygen atoms in total. The number of benzene rings is 1. The van der Waals surface area contributed by atoms with E-state index in [1.807, 2.05) is 0 Å². The van der Waals surface area contributed by atoms with Crippen molar-refractivity contribution in [1.82, 2.24) is 13.6 Å². The van der Waals surface area contributed by atoms with Crippen LogP contribution in [0.3, 0.4) is 0 Å². The quantitative estimate of drug-likeness (QED) is 0.520. The van der Waals surface area contributed by atoms with Crippen LogP contribution in [0.25, 0.3) is 0 Å². The SMILES string of the molecule is CCN(CC)S(=O)(=O)c1ccc(=O)n(CC(=O)Nc2ccc(S(=O)(=O)NC(C)C)cc2)c1. The zero-order valence-electron chi connectivity index (χ0n) is 18.4. The molecule has 0 bridgehead atoms. The largest absolute Gasteiger partial charge is 0.325 e. The summed E-state index contributed by atoms with van der Waals surface area (Å²) in [7, 11) is -7.44. The van der Waals surface area contributed by atoms with Crippen LogP contribution in [0, 0.1) is 0 Å². The average molecular weight is 485 g/mol. The molecule has 1 heterocycles. The van der Waals surface area contributed by atoms with Crippen molar-refractivity contribution < 1.29 is 21.6 Å². The molecule has 32 heavy (non-hydrogen) atoms. The molecule has 0 aliphatic rings. The van der Waals surface area contributed by atoms with E-state index in [-0.39, 0.29) is 28.9 Å². The third-order valence-electron chi connectivity index (χ3n) is 4.45. The standard InChI is InChI=1S/C20H28N4O6S2/c1-5-24(6-2)32(29,30)18-11-12-20(26)23(13-18)14-19(25)21-16-7-9-17(10-8-16)31(27,28)22-15(3)4/h7-13,15,22H,5-6,14H2,1-4H3,(H,21,25). The number of anilines is 1. The van der Waals surface area contributed by atoms with E-state index in [4.69, 9.17) is 0 Å². The Bertz CT molecular complexity index is 1220. The number of rotatable bonds is 10. The lowest BCUT2D eigenvalue weighted by Gasteiger charge is -2.19. The second-order valence-corrected chi connectivity index (χ2v) is 10.9. The van der Waals surface area contributed by atoms with Gasteiger partial charge in [-0.2, -0.15) is 4.31 Å². The van der Waals surface area contributed by atoms with Gasteiger partial charge in [-0.15, -0.1) is 0 Å². The van der Waals surface area contributed by atoms with Crippen LogP contribution < -0.4 is 15.6 Å². The van der Waals surface area contributed by atoms with Crippen molar-refractivity contribution in [3.05, 3.63) is 52.9 Å². The van der Waals surface area contributed by atoms with Crippen LogP contribution in [0.5, 0.6) is 0 Å². The molecule has 0 aliphatic heterocycles. The van der Waals surface area contributed by atoms with Crippen molar-refractivity contribution in [2.24, 2.45) is 0 Å². The van der Waals surface area contributed by atoms with E-state index in [1.54, 1.807) is 27.7 Å². The van der Waals surface area contributed by atoms with Crippen LogP contribution >= 0.6 is 0 Å². The highest BCUT2D eigenvalue weighted by Crippen LogP contribution is 2.16. The van der Waals surface area contributed by atoms with Gasteiger partial charge in [-0.25, -0.2) is 21.6 Å². The summed E-state index contributed by atoms with van der Waals surface area (Å²) in [6, 6.07) is 7.61. The molecule has 2 aromatic rings. The van der Waals surface area contributed by atoms with Gasteiger partial charge in [0.05, 0.1) is 9.79 Å². The summed E-state index contributed by atoms with van der Waals surface area (Å²) in [5.74, 6) is -0.569. The van der Waals surface area contributed by atoms with Crippen molar-refractivity contribution in [1.29, 1.82) is 0 Å². The number of carbonyl (C=O) groups excluding carboxylic acids is 1. The third kappa shape index (κ3) is 6.25. The molecule has 0 fully saturated rings. The summed E-state index contributed by atoms with van der Waals surface area (Å²) in [6.07, 6.45) is 1.14. The van der Waals surface area contributed by atoms with E-state index >= 15 is 0 Å². The monoisotopic (exact) mass is 484 g/mol. The van der Waals surface area contributed by atoms with E-state index in [0.29, 0.717) is 5.69 Å². The maximum Gasteiger partial charge on any atom is 0.251 e. The Morgan fingerprint density at radius 3 is 2.06 bits per heavy atom. The number of carbonyl (C=O) groups is 1. The molecule has 2 rings (SSSR count). The third-order valence-corrected chi connectivity index (χ3v) is 8.16. The van der Waals surface area contributed by atoms with Gasteiger partial charge in [-0.05, 0) is 44.2 Å². The second-order valence-electron chi connectivity index (χ2n) is 7.27. The molecule has 1 amide bonds. The van der Waals surface area contributed by atoms with E-state index < -0.39 is 38.1 Å². The molecule has 0 spiro atoms. The Balaban J connectivity index is 2.18. The molecule has 0 atom stereocenters. The molecular formula is C20H28N4O6S2. The molecule has 0 saturated heterocycles. The predicted molar refractivity (Wildman–Crippen MR) is 121 cm³/mol. The summed E-state index contributed by atoms with van der Waals surface area (Å²) < 4.78 is 54.4. The molecule has 1 aromatic heterocycles. The van der Waals surface area contributed by atoms with Crippen LogP contribution in [0.4, 0.5) is 5.69 Å². The molecule has 0 unspecified atom stereocenters. The lowest BCUT2D eigenvalue weighted by atomic mass is 10.3. The smallest absolute Gasteiger partial charge is 0.251 e. The Kier molecular flexibility index (Phi) is 8.35. The fourth-order valence-corrected chi connectivity index (χ4v) is 5.68. The topological polar surface area (TPSA) is 135 Å². The summed E-state index contributed by atoms with van der Waals surface area (Å²) in [5.41, 5.74) is -0.196. The number of amides is 1. The molecule has 2 N–H and O–H groups in total. The summed E-state index contributed by atoms with van der Waals surface area (Å²) in [6.45, 7) is 6.97. The number of hydrogen-bond acceptors (Lipinski definition) is 6. The van der Waals surface area contributed by atoms with Crippen molar-refractivity contribution in [2.45, 2.75) is 50.1 Å². The number of aromatic nitrogens is 1. The van der Waals surface area contributed by atoms with E-state index in [2.05, 4.69) is 10.0 Å². The second kappa shape index (κ2) is 10.4. The Morgan fingerprint density at radius 1 is 0.969 bits per heavy atom. The minimum atomic E-state index is -3.78. The van der Waals surface area contributed by atoms with Gasteiger partial charge in [0.25, 0.3) is 5.56 Å². The molecule has 0 aliphatic carbocycles. The lowest BCUT2D eigenvalue weighted by molar-refractivity contribution is -0.116. The van der Waals surface area contributed by atoms with Crippen LogP contribution in [0.2, 0.25) is 0 Å². The highest BCUT2D eigenvalue weighted by atomic mass is 32.2. The Hall–Kier alpha value is -2.54. The molecular weight excluding hydrogens is 456 g/mol. The van der Waals surface area contributed by atoms with Gasteiger partial charge < -0.3 is 9.88 Å². The summed E-state index contributed by atoms with van der Waals surface area (Å²) >= 11 is 0. The fraction of sp³-hybridized carbons (Fsp3) is 0.400. The van der Waals surface area contributed by atoms with Crippen LogP contribution in [-0.4, -0.2) is 50.7 Å². The highest BCUT2D eigenvalue weighted by Gasteiger charge is 2.22.